The number of carbonyl (C=O) groups excluding carboxylic acids is 1. The fraction of sp³-hybridized carbons (Fsp3) is 0.0952. The highest BCUT2D eigenvalue weighted by atomic mass is 16.3. The summed E-state index contributed by atoms with van der Waals surface area (Å²) >= 11 is 0. The van der Waals surface area contributed by atoms with Gasteiger partial charge in [0.25, 0.3) is 5.91 Å². The Morgan fingerprint density at radius 1 is 0.962 bits per heavy atom. The summed E-state index contributed by atoms with van der Waals surface area (Å²) in [6.07, 6.45) is -0.597. The number of anilines is 2. The first-order valence-electron chi connectivity index (χ1n) is 8.32. The minimum Gasteiger partial charge on any atom is -0.508 e. The number of phenolic OH excluding ortho intramolecular Hbond substituents is 2. The van der Waals surface area contributed by atoms with E-state index in [1.165, 1.54) is 12.1 Å². The maximum absolute atomic E-state index is 13.2. The van der Waals surface area contributed by atoms with Gasteiger partial charge in [-0.2, -0.15) is 0 Å². The summed E-state index contributed by atoms with van der Waals surface area (Å²) in [5, 5.41) is 23.3. The predicted octanol–water partition coefficient (Wildman–Crippen LogP) is 4.18. The number of amides is 1. The minimum absolute atomic E-state index is 0.0318. The van der Waals surface area contributed by atoms with E-state index in [1.807, 2.05) is 49.4 Å². The van der Waals surface area contributed by atoms with Gasteiger partial charge in [0.1, 0.15) is 17.7 Å². The summed E-state index contributed by atoms with van der Waals surface area (Å²) in [6.45, 7) is 1.98. The molecule has 0 fully saturated rings. The van der Waals surface area contributed by atoms with Crippen LogP contribution in [0.5, 0.6) is 11.5 Å². The molecular formula is C21H18N2O3. The number of phenols is 2. The molecule has 0 aromatic heterocycles. The number of aryl methyl sites for hydroxylation is 1. The smallest absolute Gasteiger partial charge is 0.262 e. The van der Waals surface area contributed by atoms with Crippen LogP contribution < -0.4 is 10.2 Å². The van der Waals surface area contributed by atoms with Crippen LogP contribution in [0.4, 0.5) is 11.4 Å². The molecule has 130 valence electrons. The number of carbonyl (C=O) groups is 1. The predicted molar refractivity (Wildman–Crippen MR) is 101 cm³/mol. The molecule has 0 saturated heterocycles. The quantitative estimate of drug-likeness (QED) is 0.651. The molecule has 5 nitrogen and oxygen atoms in total. The van der Waals surface area contributed by atoms with Gasteiger partial charge in [-0.1, -0.05) is 29.8 Å². The number of benzene rings is 3. The standard InChI is InChI=1S/C21H18N2O3/c1-13-6-8-14(9-7-13)23-20(17-11-10-15(24)12-19(17)25)22-18-5-3-2-4-16(18)21(23)26/h2-12,20,22,24-25H,1H3/t20-/m1/s1. The van der Waals surface area contributed by atoms with E-state index >= 15 is 0 Å². The number of fused-ring (bicyclic) bond motifs is 1. The Morgan fingerprint density at radius 2 is 1.69 bits per heavy atom. The van der Waals surface area contributed by atoms with E-state index in [2.05, 4.69) is 5.32 Å². The van der Waals surface area contributed by atoms with Crippen molar-refractivity contribution >= 4 is 17.3 Å². The average Bonchev–Trinajstić information content (AvgIpc) is 2.63. The first-order valence-corrected chi connectivity index (χ1v) is 8.32. The van der Waals surface area contributed by atoms with E-state index < -0.39 is 6.17 Å². The molecule has 5 heteroatoms. The molecule has 1 heterocycles. The van der Waals surface area contributed by atoms with Crippen molar-refractivity contribution in [3.63, 3.8) is 0 Å². The maximum Gasteiger partial charge on any atom is 0.262 e. The van der Waals surface area contributed by atoms with E-state index in [0.29, 0.717) is 16.8 Å². The Labute approximate surface area is 151 Å². The van der Waals surface area contributed by atoms with E-state index in [1.54, 1.807) is 17.0 Å². The monoisotopic (exact) mass is 346 g/mol. The number of hydrogen-bond acceptors (Lipinski definition) is 4. The van der Waals surface area contributed by atoms with Crippen molar-refractivity contribution in [2.24, 2.45) is 0 Å². The molecule has 0 saturated carbocycles. The van der Waals surface area contributed by atoms with Crippen LogP contribution in [0.1, 0.15) is 27.7 Å². The van der Waals surface area contributed by atoms with Crippen molar-refractivity contribution in [1.82, 2.24) is 0 Å². The van der Waals surface area contributed by atoms with Crippen molar-refractivity contribution < 1.29 is 15.0 Å². The van der Waals surface area contributed by atoms with Gasteiger partial charge >= 0.3 is 0 Å². The molecule has 3 aromatic carbocycles. The molecule has 0 spiro atoms. The minimum atomic E-state index is -0.597. The van der Waals surface area contributed by atoms with Crippen LogP contribution >= 0.6 is 0 Å². The van der Waals surface area contributed by atoms with Gasteiger partial charge in [-0.15, -0.1) is 0 Å². The third kappa shape index (κ3) is 2.63. The normalized spacial score (nSPS) is 16.1. The lowest BCUT2D eigenvalue weighted by molar-refractivity contribution is 0.0974. The van der Waals surface area contributed by atoms with Crippen LogP contribution in [-0.4, -0.2) is 16.1 Å². The van der Waals surface area contributed by atoms with E-state index in [4.69, 9.17) is 0 Å². The molecule has 1 aliphatic heterocycles. The lowest BCUT2D eigenvalue weighted by Crippen LogP contribution is -2.43. The summed E-state index contributed by atoms with van der Waals surface area (Å²) in [5.74, 6) is -0.261. The number of rotatable bonds is 2. The van der Waals surface area contributed by atoms with Gasteiger partial charge in [-0.3, -0.25) is 9.69 Å². The summed E-state index contributed by atoms with van der Waals surface area (Å²) in [7, 11) is 0. The number of para-hydroxylation sites is 1. The van der Waals surface area contributed by atoms with Gasteiger partial charge in [0.05, 0.1) is 5.56 Å². The van der Waals surface area contributed by atoms with Gasteiger partial charge in [0.2, 0.25) is 0 Å². The molecule has 0 aliphatic carbocycles. The Balaban J connectivity index is 1.88. The number of hydrogen-bond donors (Lipinski definition) is 3. The van der Waals surface area contributed by atoms with Crippen molar-refractivity contribution in [3.8, 4) is 11.5 Å². The number of nitrogens with zero attached hydrogens (tertiary/aromatic N) is 1. The molecule has 0 bridgehead atoms. The second-order valence-electron chi connectivity index (χ2n) is 6.35. The Kier molecular flexibility index (Phi) is 3.77. The second kappa shape index (κ2) is 6.11. The summed E-state index contributed by atoms with van der Waals surface area (Å²) in [6, 6.07) is 19.3. The fourth-order valence-electron chi connectivity index (χ4n) is 3.21. The summed E-state index contributed by atoms with van der Waals surface area (Å²) in [4.78, 5) is 14.8. The van der Waals surface area contributed by atoms with Crippen LogP contribution in [0.3, 0.4) is 0 Å². The molecular weight excluding hydrogens is 328 g/mol. The topological polar surface area (TPSA) is 72.8 Å². The summed E-state index contributed by atoms with van der Waals surface area (Å²) < 4.78 is 0. The average molecular weight is 346 g/mol. The molecule has 3 N–H and O–H groups in total. The summed E-state index contributed by atoms with van der Waals surface area (Å²) in [5.41, 5.74) is 3.60. The largest absolute Gasteiger partial charge is 0.508 e. The molecule has 4 rings (SSSR count). The third-order valence-corrected chi connectivity index (χ3v) is 4.55. The first kappa shape index (κ1) is 16.0. The lowest BCUT2D eigenvalue weighted by atomic mass is 10.0. The highest BCUT2D eigenvalue weighted by molar-refractivity contribution is 6.12. The third-order valence-electron chi connectivity index (χ3n) is 4.55. The Bertz CT molecular complexity index is 983. The van der Waals surface area contributed by atoms with Crippen molar-refractivity contribution in [2.45, 2.75) is 13.1 Å². The van der Waals surface area contributed by atoms with Crippen LogP contribution in [0.25, 0.3) is 0 Å². The van der Waals surface area contributed by atoms with Gasteiger partial charge < -0.3 is 15.5 Å². The first-order chi connectivity index (χ1) is 12.5. The maximum atomic E-state index is 13.2. The molecule has 26 heavy (non-hydrogen) atoms. The van der Waals surface area contributed by atoms with Gasteiger partial charge in [0.15, 0.2) is 0 Å². The van der Waals surface area contributed by atoms with Crippen molar-refractivity contribution in [1.29, 1.82) is 0 Å². The Hall–Kier alpha value is -3.47. The second-order valence-corrected chi connectivity index (χ2v) is 6.35. The van der Waals surface area contributed by atoms with Crippen molar-refractivity contribution in [2.75, 3.05) is 10.2 Å². The zero-order chi connectivity index (χ0) is 18.3. The van der Waals surface area contributed by atoms with E-state index in [9.17, 15) is 15.0 Å². The SMILES string of the molecule is Cc1ccc(N2C(=O)c3ccccc3N[C@H]2c2ccc(O)cc2O)cc1. The van der Waals surface area contributed by atoms with Crippen LogP contribution in [0.2, 0.25) is 0 Å². The van der Waals surface area contributed by atoms with Crippen molar-refractivity contribution in [3.05, 3.63) is 83.4 Å². The molecule has 0 radical (unpaired) electrons. The molecule has 1 aliphatic rings. The molecule has 1 amide bonds. The Morgan fingerprint density at radius 3 is 2.42 bits per heavy atom. The molecule has 1 atom stereocenters. The van der Waals surface area contributed by atoms with Crippen LogP contribution in [-0.2, 0) is 0 Å². The highest BCUT2D eigenvalue weighted by Gasteiger charge is 2.35. The molecule has 0 unspecified atom stereocenters. The van der Waals surface area contributed by atoms with Gasteiger partial charge in [0, 0.05) is 23.0 Å². The lowest BCUT2D eigenvalue weighted by Gasteiger charge is -2.38. The van der Waals surface area contributed by atoms with Gasteiger partial charge in [-0.25, -0.2) is 0 Å². The van der Waals surface area contributed by atoms with E-state index in [0.717, 1.165) is 11.3 Å². The highest BCUT2D eigenvalue weighted by Crippen LogP contribution is 2.40. The molecule has 3 aromatic rings. The number of nitrogens with one attached hydrogen (secondary N) is 1. The zero-order valence-electron chi connectivity index (χ0n) is 14.2. The van der Waals surface area contributed by atoms with E-state index in [-0.39, 0.29) is 17.4 Å². The number of aromatic hydroxyl groups is 2. The fourth-order valence-corrected chi connectivity index (χ4v) is 3.21. The van der Waals surface area contributed by atoms with Crippen LogP contribution in [0, 0.1) is 6.92 Å². The zero-order valence-corrected chi connectivity index (χ0v) is 14.2. The van der Waals surface area contributed by atoms with Gasteiger partial charge in [-0.05, 0) is 43.3 Å². The van der Waals surface area contributed by atoms with Crippen LogP contribution in [0.15, 0.2) is 66.7 Å².